The molecule has 0 bridgehead atoms. The van der Waals surface area contributed by atoms with Crippen molar-refractivity contribution in [2.75, 3.05) is 26.4 Å². The van der Waals surface area contributed by atoms with E-state index in [1.165, 1.54) is 18.1 Å². The van der Waals surface area contributed by atoms with E-state index < -0.39 is 40.6 Å². The molecule has 0 heterocycles. The third-order valence-electron chi connectivity index (χ3n) is 2.84. The van der Waals surface area contributed by atoms with Gasteiger partial charge in [0.1, 0.15) is 0 Å². The average molecular weight is 288 g/mol. The van der Waals surface area contributed by atoms with Crippen molar-refractivity contribution in [1.82, 2.24) is 0 Å². The van der Waals surface area contributed by atoms with Crippen molar-refractivity contribution in [1.29, 1.82) is 0 Å². The minimum absolute atomic E-state index is 0.406. The largest absolute Gasteiger partial charge is 0.396 e. The SMILES string of the molecule is C=CC[SiH](CC=C)CC=C.OCC(CO)(CO)CO. The summed E-state index contributed by atoms with van der Waals surface area (Å²) in [5.41, 5.74) is -1.11. The van der Waals surface area contributed by atoms with Crippen molar-refractivity contribution in [3.63, 3.8) is 0 Å². The Morgan fingerprint density at radius 3 is 1.05 bits per heavy atom. The predicted molar refractivity (Wildman–Crippen MR) is 82.9 cm³/mol. The molecule has 0 amide bonds. The molecule has 0 saturated carbocycles. The van der Waals surface area contributed by atoms with Crippen LogP contribution in [0.15, 0.2) is 38.0 Å². The lowest BCUT2D eigenvalue weighted by Crippen LogP contribution is -2.37. The number of hydrogen-bond donors (Lipinski definition) is 4. The van der Waals surface area contributed by atoms with Gasteiger partial charge in [0.15, 0.2) is 0 Å². The lowest BCUT2D eigenvalue weighted by Gasteiger charge is -2.23. The van der Waals surface area contributed by atoms with E-state index in [1.54, 1.807) is 0 Å². The van der Waals surface area contributed by atoms with E-state index in [0.717, 1.165) is 0 Å². The highest BCUT2D eigenvalue weighted by atomic mass is 28.3. The minimum Gasteiger partial charge on any atom is -0.396 e. The Morgan fingerprint density at radius 1 is 0.684 bits per heavy atom. The summed E-state index contributed by atoms with van der Waals surface area (Å²) in [6, 6.07) is 3.62. The Kier molecular flexibility index (Phi) is 14.9. The first-order chi connectivity index (χ1) is 9.09. The quantitative estimate of drug-likeness (QED) is 0.353. The summed E-state index contributed by atoms with van der Waals surface area (Å²) in [7, 11) is -0.588. The summed E-state index contributed by atoms with van der Waals surface area (Å²) >= 11 is 0. The minimum atomic E-state index is -1.11. The highest BCUT2D eigenvalue weighted by molar-refractivity contribution is 6.60. The van der Waals surface area contributed by atoms with E-state index in [4.69, 9.17) is 20.4 Å². The van der Waals surface area contributed by atoms with Crippen LogP contribution in [0.25, 0.3) is 0 Å². The molecule has 0 aromatic carbocycles. The second-order valence-corrected chi connectivity index (χ2v) is 7.72. The number of allylic oxidation sites excluding steroid dienone is 3. The van der Waals surface area contributed by atoms with Gasteiger partial charge >= 0.3 is 0 Å². The molecule has 4 N–H and O–H groups in total. The smallest absolute Gasteiger partial charge is 0.0627 e. The second-order valence-electron chi connectivity index (χ2n) is 4.57. The van der Waals surface area contributed by atoms with Gasteiger partial charge in [-0.1, -0.05) is 18.2 Å². The highest BCUT2D eigenvalue weighted by Crippen LogP contribution is 2.11. The van der Waals surface area contributed by atoms with Gasteiger partial charge in [-0.15, -0.1) is 19.7 Å². The van der Waals surface area contributed by atoms with E-state index in [9.17, 15) is 0 Å². The maximum Gasteiger partial charge on any atom is 0.0627 e. The van der Waals surface area contributed by atoms with Gasteiger partial charge < -0.3 is 20.4 Å². The number of aliphatic hydroxyl groups excluding tert-OH is 4. The fourth-order valence-electron chi connectivity index (χ4n) is 1.30. The Hall–Kier alpha value is -0.723. The zero-order chi connectivity index (χ0) is 15.1. The predicted octanol–water partition coefficient (Wildman–Crippen LogP) is 0.713. The summed E-state index contributed by atoms with van der Waals surface area (Å²) in [4.78, 5) is 0. The Morgan fingerprint density at radius 2 is 0.947 bits per heavy atom. The topological polar surface area (TPSA) is 80.9 Å². The molecule has 0 atom stereocenters. The average Bonchev–Trinajstić information content (AvgIpc) is 2.44. The van der Waals surface area contributed by atoms with Crippen molar-refractivity contribution >= 4 is 8.80 Å². The summed E-state index contributed by atoms with van der Waals surface area (Å²) < 4.78 is 0. The molecule has 0 spiro atoms. The molecule has 0 unspecified atom stereocenters. The molecule has 0 aliphatic heterocycles. The van der Waals surface area contributed by atoms with Gasteiger partial charge in [-0.3, -0.25) is 0 Å². The maximum absolute atomic E-state index is 8.50. The van der Waals surface area contributed by atoms with Crippen LogP contribution >= 0.6 is 0 Å². The first kappa shape index (κ1) is 20.6. The first-order valence-electron chi connectivity index (χ1n) is 6.35. The summed E-state index contributed by atoms with van der Waals surface area (Å²) in [5.74, 6) is 0. The van der Waals surface area contributed by atoms with E-state index >= 15 is 0 Å². The first-order valence-corrected chi connectivity index (χ1v) is 8.80. The molecule has 0 aliphatic carbocycles. The van der Waals surface area contributed by atoms with E-state index in [2.05, 4.69) is 19.7 Å². The van der Waals surface area contributed by atoms with Crippen molar-refractivity contribution in [3.8, 4) is 0 Å². The van der Waals surface area contributed by atoms with Crippen LogP contribution in [0, 0.1) is 5.41 Å². The molecule has 5 heteroatoms. The summed E-state index contributed by atoms with van der Waals surface area (Å²) in [6.45, 7) is 9.57. The molecular weight excluding hydrogens is 260 g/mol. The monoisotopic (exact) mass is 288 g/mol. The molecule has 0 rings (SSSR count). The van der Waals surface area contributed by atoms with Gasteiger partial charge in [0.05, 0.1) is 31.8 Å². The van der Waals surface area contributed by atoms with Crippen molar-refractivity contribution < 1.29 is 20.4 Å². The molecule has 19 heavy (non-hydrogen) atoms. The van der Waals surface area contributed by atoms with Crippen LogP contribution in [0.3, 0.4) is 0 Å². The van der Waals surface area contributed by atoms with Crippen molar-refractivity contribution in [2.45, 2.75) is 18.1 Å². The Bertz CT molecular complexity index is 198. The summed E-state index contributed by atoms with van der Waals surface area (Å²) in [6.07, 6.45) is 6.05. The van der Waals surface area contributed by atoms with Crippen LogP contribution in [-0.4, -0.2) is 55.7 Å². The lowest BCUT2D eigenvalue weighted by atomic mass is 9.93. The Labute approximate surface area is 118 Å². The van der Waals surface area contributed by atoms with Gasteiger partial charge in [-0.2, -0.15) is 0 Å². The molecule has 0 aromatic rings. The number of rotatable bonds is 10. The second kappa shape index (κ2) is 13.7. The standard InChI is InChI=1S/C9H16Si.C5H12O4/c1-4-7-10(8-5-2)9-6-3;6-1-5(2-7,3-8)4-9/h4-6,10H,1-3,7-9H2;6-9H,1-4H2. The fourth-order valence-corrected chi connectivity index (χ4v) is 3.29. The fraction of sp³-hybridized carbons (Fsp3) is 0.571. The third-order valence-corrected chi connectivity index (χ3v) is 5.84. The normalized spacial score (nSPS) is 10.6. The zero-order valence-corrected chi connectivity index (χ0v) is 12.8. The maximum atomic E-state index is 8.50. The van der Waals surface area contributed by atoms with Crippen molar-refractivity contribution in [3.05, 3.63) is 38.0 Å². The molecule has 4 nitrogen and oxygen atoms in total. The Balaban J connectivity index is 0. The highest BCUT2D eigenvalue weighted by Gasteiger charge is 2.26. The van der Waals surface area contributed by atoms with Crippen LogP contribution in [0.1, 0.15) is 0 Å². The number of aliphatic hydroxyl groups is 4. The lowest BCUT2D eigenvalue weighted by molar-refractivity contribution is -0.0328. The molecule has 0 aliphatic rings. The molecule has 0 fully saturated rings. The molecule has 0 radical (unpaired) electrons. The van der Waals surface area contributed by atoms with Crippen LogP contribution in [0.2, 0.25) is 18.1 Å². The number of hydrogen-bond acceptors (Lipinski definition) is 4. The van der Waals surface area contributed by atoms with Gasteiger partial charge in [-0.25, -0.2) is 0 Å². The van der Waals surface area contributed by atoms with Gasteiger partial charge in [0, 0.05) is 8.80 Å². The molecule has 0 saturated heterocycles. The molecule has 0 aromatic heterocycles. The van der Waals surface area contributed by atoms with E-state index in [0.29, 0.717) is 0 Å². The summed E-state index contributed by atoms with van der Waals surface area (Å²) in [5, 5.41) is 34.0. The molecule has 112 valence electrons. The zero-order valence-electron chi connectivity index (χ0n) is 11.7. The van der Waals surface area contributed by atoms with Crippen LogP contribution in [0.5, 0.6) is 0 Å². The molecular formula is C14H28O4Si. The van der Waals surface area contributed by atoms with Crippen LogP contribution < -0.4 is 0 Å². The van der Waals surface area contributed by atoms with Crippen LogP contribution in [0.4, 0.5) is 0 Å². The van der Waals surface area contributed by atoms with Gasteiger partial charge in [0.25, 0.3) is 0 Å². The van der Waals surface area contributed by atoms with E-state index in [1.807, 2.05) is 18.2 Å². The third kappa shape index (κ3) is 9.81. The van der Waals surface area contributed by atoms with Crippen LogP contribution in [-0.2, 0) is 0 Å². The van der Waals surface area contributed by atoms with Crippen molar-refractivity contribution in [2.24, 2.45) is 5.41 Å². The van der Waals surface area contributed by atoms with E-state index in [-0.39, 0.29) is 0 Å². The van der Waals surface area contributed by atoms with Gasteiger partial charge in [-0.05, 0) is 18.1 Å². The van der Waals surface area contributed by atoms with Gasteiger partial charge in [0.2, 0.25) is 0 Å².